The van der Waals surface area contributed by atoms with Crippen LogP contribution in [-0.4, -0.2) is 21.4 Å². The molecule has 5 nitrogen and oxygen atoms in total. The molecule has 0 aromatic heterocycles. The third-order valence-electron chi connectivity index (χ3n) is 1.89. The van der Waals surface area contributed by atoms with E-state index in [0.717, 1.165) is 12.5 Å². The zero-order valence-electron chi connectivity index (χ0n) is 9.15. The highest BCUT2D eigenvalue weighted by atomic mass is 32.2. The van der Waals surface area contributed by atoms with Crippen LogP contribution in [0.3, 0.4) is 0 Å². The summed E-state index contributed by atoms with van der Waals surface area (Å²) < 4.78 is 25.0. The van der Waals surface area contributed by atoms with E-state index < -0.39 is 15.9 Å². The van der Waals surface area contributed by atoms with Gasteiger partial charge in [-0.3, -0.25) is 4.79 Å². The second-order valence-electron chi connectivity index (χ2n) is 3.34. The predicted octanol–water partition coefficient (Wildman–Crippen LogP) is 0.231. The summed E-state index contributed by atoms with van der Waals surface area (Å²) in [6, 6.07) is 6.34. The molecule has 1 rings (SSSR count). The molecule has 0 bridgehead atoms. The lowest BCUT2D eigenvalue weighted by Gasteiger charge is -2.05. The summed E-state index contributed by atoms with van der Waals surface area (Å²) in [6.45, 7) is 1.83. The van der Waals surface area contributed by atoms with Gasteiger partial charge in [-0.05, 0) is 24.7 Å². The number of nitrogens with one attached hydrogen (secondary N) is 2. The van der Waals surface area contributed by atoms with Crippen LogP contribution < -0.4 is 10.0 Å². The third-order valence-corrected chi connectivity index (χ3v) is 3.34. The number of amides is 1. The second kappa shape index (κ2) is 5.09. The van der Waals surface area contributed by atoms with Crippen LogP contribution in [0.4, 0.5) is 0 Å². The SMILES string of the molecule is CNCc1ccc(S(=O)(=O)NC(C)=O)cc1. The van der Waals surface area contributed by atoms with E-state index in [2.05, 4.69) is 5.32 Å². The number of sulfonamides is 1. The van der Waals surface area contributed by atoms with Crippen LogP contribution in [0.2, 0.25) is 0 Å². The van der Waals surface area contributed by atoms with Gasteiger partial charge in [0.1, 0.15) is 0 Å². The molecule has 0 radical (unpaired) electrons. The van der Waals surface area contributed by atoms with Crippen LogP contribution in [0.1, 0.15) is 12.5 Å². The average Bonchev–Trinajstić information content (AvgIpc) is 2.17. The van der Waals surface area contributed by atoms with Gasteiger partial charge in [0, 0.05) is 13.5 Å². The number of benzene rings is 1. The van der Waals surface area contributed by atoms with E-state index in [4.69, 9.17) is 0 Å². The topological polar surface area (TPSA) is 75.3 Å². The molecule has 2 N–H and O–H groups in total. The minimum absolute atomic E-state index is 0.0857. The summed E-state index contributed by atoms with van der Waals surface area (Å²) in [6.07, 6.45) is 0. The quantitative estimate of drug-likeness (QED) is 0.792. The van der Waals surface area contributed by atoms with Crippen molar-refractivity contribution in [2.45, 2.75) is 18.4 Å². The smallest absolute Gasteiger partial charge is 0.264 e. The van der Waals surface area contributed by atoms with Gasteiger partial charge in [-0.2, -0.15) is 0 Å². The maximum atomic E-state index is 11.6. The predicted molar refractivity (Wildman–Crippen MR) is 60.2 cm³/mol. The fourth-order valence-corrected chi connectivity index (χ4v) is 2.23. The summed E-state index contributed by atoms with van der Waals surface area (Å²) >= 11 is 0. The van der Waals surface area contributed by atoms with Crippen molar-refractivity contribution in [3.05, 3.63) is 29.8 Å². The molecular weight excluding hydrogens is 228 g/mol. The first kappa shape index (κ1) is 12.7. The molecule has 16 heavy (non-hydrogen) atoms. The zero-order valence-corrected chi connectivity index (χ0v) is 9.97. The van der Waals surface area contributed by atoms with Crippen LogP contribution in [0, 0.1) is 0 Å². The lowest BCUT2D eigenvalue weighted by atomic mass is 10.2. The minimum Gasteiger partial charge on any atom is -0.316 e. The van der Waals surface area contributed by atoms with Crippen LogP contribution in [-0.2, 0) is 21.4 Å². The molecule has 0 aliphatic heterocycles. The molecule has 0 heterocycles. The average molecular weight is 242 g/mol. The molecule has 0 unspecified atom stereocenters. The van der Waals surface area contributed by atoms with Gasteiger partial charge < -0.3 is 5.32 Å². The molecule has 0 spiro atoms. The van der Waals surface area contributed by atoms with Gasteiger partial charge >= 0.3 is 0 Å². The number of hydrogen-bond donors (Lipinski definition) is 2. The lowest BCUT2D eigenvalue weighted by molar-refractivity contribution is -0.117. The Balaban J connectivity index is 2.93. The summed E-state index contributed by atoms with van der Waals surface area (Å²) in [5.74, 6) is -0.598. The largest absolute Gasteiger partial charge is 0.316 e. The Labute approximate surface area is 94.9 Å². The Morgan fingerprint density at radius 2 is 1.81 bits per heavy atom. The second-order valence-corrected chi connectivity index (χ2v) is 5.02. The fourth-order valence-electron chi connectivity index (χ4n) is 1.24. The summed E-state index contributed by atoms with van der Waals surface area (Å²) in [5, 5.41) is 2.96. The maximum Gasteiger partial charge on any atom is 0.264 e. The normalized spacial score (nSPS) is 11.1. The fraction of sp³-hybridized carbons (Fsp3) is 0.300. The highest BCUT2D eigenvalue weighted by Gasteiger charge is 2.14. The molecule has 88 valence electrons. The van der Waals surface area contributed by atoms with E-state index in [9.17, 15) is 13.2 Å². The molecule has 0 aliphatic rings. The van der Waals surface area contributed by atoms with E-state index in [-0.39, 0.29) is 4.90 Å². The molecule has 1 aromatic carbocycles. The number of carbonyl (C=O) groups is 1. The van der Waals surface area contributed by atoms with Crippen molar-refractivity contribution in [1.29, 1.82) is 0 Å². The van der Waals surface area contributed by atoms with Crippen molar-refractivity contribution in [2.24, 2.45) is 0 Å². The van der Waals surface area contributed by atoms with Crippen LogP contribution in [0.15, 0.2) is 29.2 Å². The minimum atomic E-state index is -3.71. The summed E-state index contributed by atoms with van der Waals surface area (Å²) in [4.78, 5) is 10.8. The Bertz CT molecular complexity index is 465. The van der Waals surface area contributed by atoms with E-state index >= 15 is 0 Å². The molecular formula is C10H14N2O3S. The van der Waals surface area contributed by atoms with Gasteiger partial charge in [-0.25, -0.2) is 13.1 Å². The van der Waals surface area contributed by atoms with Crippen molar-refractivity contribution in [1.82, 2.24) is 10.0 Å². The van der Waals surface area contributed by atoms with Gasteiger partial charge in [0.2, 0.25) is 5.91 Å². The zero-order chi connectivity index (χ0) is 12.2. The van der Waals surface area contributed by atoms with Gasteiger partial charge in [-0.1, -0.05) is 12.1 Å². The molecule has 0 saturated carbocycles. The van der Waals surface area contributed by atoms with E-state index in [1.807, 2.05) is 11.8 Å². The molecule has 1 amide bonds. The lowest BCUT2D eigenvalue weighted by Crippen LogP contribution is -2.28. The van der Waals surface area contributed by atoms with Crippen LogP contribution >= 0.6 is 0 Å². The highest BCUT2D eigenvalue weighted by Crippen LogP contribution is 2.10. The van der Waals surface area contributed by atoms with Gasteiger partial charge in [0.15, 0.2) is 0 Å². The Hall–Kier alpha value is -1.40. The van der Waals surface area contributed by atoms with Crippen LogP contribution in [0.5, 0.6) is 0 Å². The standard InChI is InChI=1S/C10H14N2O3S/c1-8(13)12-16(14,15)10-5-3-9(4-6-10)7-11-2/h3-6,11H,7H2,1-2H3,(H,12,13). The molecule has 0 aliphatic carbocycles. The van der Waals surface area contributed by atoms with Crippen molar-refractivity contribution in [2.75, 3.05) is 7.05 Å². The number of carbonyl (C=O) groups excluding carboxylic acids is 1. The number of hydrogen-bond acceptors (Lipinski definition) is 4. The first-order valence-electron chi connectivity index (χ1n) is 4.72. The summed E-state index contributed by atoms with van der Waals surface area (Å²) in [7, 11) is -1.90. The van der Waals surface area contributed by atoms with Crippen molar-refractivity contribution < 1.29 is 13.2 Å². The monoisotopic (exact) mass is 242 g/mol. The van der Waals surface area contributed by atoms with Gasteiger partial charge in [-0.15, -0.1) is 0 Å². The highest BCUT2D eigenvalue weighted by molar-refractivity contribution is 7.90. The van der Waals surface area contributed by atoms with Crippen molar-refractivity contribution in [3.8, 4) is 0 Å². The maximum absolute atomic E-state index is 11.6. The molecule has 0 fully saturated rings. The van der Waals surface area contributed by atoms with Gasteiger partial charge in [0.05, 0.1) is 4.90 Å². The van der Waals surface area contributed by atoms with E-state index in [0.29, 0.717) is 6.54 Å². The van der Waals surface area contributed by atoms with Gasteiger partial charge in [0.25, 0.3) is 10.0 Å². The number of rotatable bonds is 4. The Morgan fingerprint density at radius 1 is 1.25 bits per heavy atom. The van der Waals surface area contributed by atoms with Crippen LogP contribution in [0.25, 0.3) is 0 Å². The summed E-state index contributed by atoms with van der Waals surface area (Å²) in [5.41, 5.74) is 0.976. The van der Waals surface area contributed by atoms with Crippen molar-refractivity contribution in [3.63, 3.8) is 0 Å². The van der Waals surface area contributed by atoms with E-state index in [1.165, 1.54) is 12.1 Å². The molecule has 1 aromatic rings. The van der Waals surface area contributed by atoms with E-state index in [1.54, 1.807) is 12.1 Å². The molecule has 0 atom stereocenters. The molecule has 6 heteroatoms. The first-order valence-corrected chi connectivity index (χ1v) is 6.21. The molecule has 0 saturated heterocycles. The van der Waals surface area contributed by atoms with Crippen molar-refractivity contribution >= 4 is 15.9 Å². The third kappa shape index (κ3) is 3.32. The first-order chi connectivity index (χ1) is 7.45. The Morgan fingerprint density at radius 3 is 2.25 bits per heavy atom. The Kier molecular flexibility index (Phi) is 4.03.